The Hall–Kier alpha value is -2.65. The van der Waals surface area contributed by atoms with E-state index in [2.05, 4.69) is 32.0 Å². The number of carbonyl (C=O) groups is 1. The molecule has 1 aliphatic rings. The van der Waals surface area contributed by atoms with Gasteiger partial charge in [0.05, 0.1) is 10.3 Å². The number of benzene rings is 1. The van der Waals surface area contributed by atoms with Gasteiger partial charge in [0.25, 0.3) is 5.91 Å². The standard InChI is InChI=1S/C21H23F2N5OS/c1-3-6-27-7-9-28(10-8-27)19-17-13(2)18(30-21(17)25-12-24-19)20(29)26-14-4-5-15(22)16(23)11-14/h4-5,11-12H,3,6-10H2,1-2H3,(H,26,29). The van der Waals surface area contributed by atoms with Crippen LogP contribution < -0.4 is 10.2 Å². The molecule has 0 unspecified atom stereocenters. The van der Waals surface area contributed by atoms with Crippen LogP contribution in [0.4, 0.5) is 20.3 Å². The number of amides is 1. The fourth-order valence-electron chi connectivity index (χ4n) is 3.77. The van der Waals surface area contributed by atoms with Gasteiger partial charge in [-0.3, -0.25) is 9.69 Å². The molecule has 1 N–H and O–H groups in total. The Morgan fingerprint density at radius 3 is 2.63 bits per heavy atom. The minimum absolute atomic E-state index is 0.203. The van der Waals surface area contributed by atoms with E-state index in [4.69, 9.17) is 0 Å². The van der Waals surface area contributed by atoms with Crippen LogP contribution in [0.2, 0.25) is 0 Å². The molecule has 0 aliphatic carbocycles. The number of fused-ring (bicyclic) bond motifs is 1. The summed E-state index contributed by atoms with van der Waals surface area (Å²) in [5, 5.41) is 3.52. The second-order valence-electron chi connectivity index (χ2n) is 7.35. The molecule has 30 heavy (non-hydrogen) atoms. The number of carbonyl (C=O) groups excluding carboxylic acids is 1. The molecule has 2 aromatic heterocycles. The number of hydrogen-bond acceptors (Lipinski definition) is 6. The van der Waals surface area contributed by atoms with Gasteiger partial charge >= 0.3 is 0 Å². The van der Waals surface area contributed by atoms with Crippen molar-refractivity contribution in [2.75, 3.05) is 42.9 Å². The summed E-state index contributed by atoms with van der Waals surface area (Å²) < 4.78 is 26.6. The first-order chi connectivity index (χ1) is 14.5. The van der Waals surface area contributed by atoms with Crippen LogP contribution in [0.25, 0.3) is 10.2 Å². The third kappa shape index (κ3) is 3.99. The van der Waals surface area contributed by atoms with Gasteiger partial charge in [0, 0.05) is 37.9 Å². The maximum absolute atomic E-state index is 13.5. The van der Waals surface area contributed by atoms with Gasteiger partial charge in [0.1, 0.15) is 17.0 Å². The molecule has 1 aromatic carbocycles. The normalized spacial score (nSPS) is 15.0. The summed E-state index contributed by atoms with van der Waals surface area (Å²) in [6.45, 7) is 8.85. The first kappa shape index (κ1) is 20.6. The Kier molecular flexibility index (Phi) is 5.92. The van der Waals surface area contributed by atoms with Crippen molar-refractivity contribution in [1.82, 2.24) is 14.9 Å². The molecule has 0 radical (unpaired) electrons. The molecule has 0 spiro atoms. The molecule has 0 bridgehead atoms. The molecule has 1 fully saturated rings. The minimum Gasteiger partial charge on any atom is -0.353 e. The Morgan fingerprint density at radius 1 is 1.17 bits per heavy atom. The summed E-state index contributed by atoms with van der Waals surface area (Å²) in [4.78, 5) is 27.6. The van der Waals surface area contributed by atoms with E-state index in [1.54, 1.807) is 0 Å². The maximum Gasteiger partial charge on any atom is 0.266 e. The van der Waals surface area contributed by atoms with Crippen LogP contribution in [0.5, 0.6) is 0 Å². The van der Waals surface area contributed by atoms with Crippen molar-refractivity contribution in [3.63, 3.8) is 0 Å². The van der Waals surface area contributed by atoms with Crippen LogP contribution in [-0.4, -0.2) is 53.5 Å². The quantitative estimate of drug-likeness (QED) is 0.660. The highest BCUT2D eigenvalue weighted by atomic mass is 32.1. The number of nitrogens with zero attached hydrogens (tertiary/aromatic N) is 4. The zero-order valence-corrected chi connectivity index (χ0v) is 17.7. The predicted molar refractivity (Wildman–Crippen MR) is 115 cm³/mol. The molecular formula is C21H23F2N5OS. The molecule has 1 amide bonds. The highest BCUT2D eigenvalue weighted by molar-refractivity contribution is 7.20. The summed E-state index contributed by atoms with van der Waals surface area (Å²) in [6, 6.07) is 3.29. The summed E-state index contributed by atoms with van der Waals surface area (Å²) in [5.74, 6) is -1.49. The van der Waals surface area contributed by atoms with Crippen molar-refractivity contribution in [2.45, 2.75) is 20.3 Å². The lowest BCUT2D eigenvalue weighted by atomic mass is 10.1. The highest BCUT2D eigenvalue weighted by Gasteiger charge is 2.24. The van der Waals surface area contributed by atoms with E-state index in [1.165, 1.54) is 23.7 Å². The van der Waals surface area contributed by atoms with Gasteiger partial charge in [-0.25, -0.2) is 18.7 Å². The molecule has 4 rings (SSSR count). The second kappa shape index (κ2) is 8.61. The third-order valence-electron chi connectivity index (χ3n) is 5.30. The Labute approximate surface area is 177 Å². The molecule has 1 saturated heterocycles. The number of halogens is 2. The minimum atomic E-state index is -1.00. The van der Waals surface area contributed by atoms with E-state index in [1.807, 2.05) is 6.92 Å². The lowest BCUT2D eigenvalue weighted by Crippen LogP contribution is -2.46. The molecule has 3 heterocycles. The fourth-order valence-corrected chi connectivity index (χ4v) is 4.81. The van der Waals surface area contributed by atoms with Crippen LogP contribution >= 0.6 is 11.3 Å². The van der Waals surface area contributed by atoms with E-state index in [-0.39, 0.29) is 11.6 Å². The maximum atomic E-state index is 13.5. The van der Waals surface area contributed by atoms with Gasteiger partial charge in [-0.1, -0.05) is 6.92 Å². The van der Waals surface area contributed by atoms with Crippen molar-refractivity contribution >= 4 is 39.0 Å². The van der Waals surface area contributed by atoms with Crippen molar-refractivity contribution in [1.29, 1.82) is 0 Å². The number of aryl methyl sites for hydroxylation is 1. The smallest absolute Gasteiger partial charge is 0.266 e. The number of hydrogen-bond donors (Lipinski definition) is 1. The van der Waals surface area contributed by atoms with E-state index in [9.17, 15) is 13.6 Å². The Bertz CT molecular complexity index is 1080. The van der Waals surface area contributed by atoms with Gasteiger partial charge < -0.3 is 10.2 Å². The third-order valence-corrected chi connectivity index (χ3v) is 6.50. The van der Waals surface area contributed by atoms with E-state index >= 15 is 0 Å². The number of aromatic nitrogens is 2. The van der Waals surface area contributed by atoms with Crippen LogP contribution in [0.1, 0.15) is 28.6 Å². The van der Waals surface area contributed by atoms with Crippen LogP contribution in [0, 0.1) is 18.6 Å². The second-order valence-corrected chi connectivity index (χ2v) is 8.34. The van der Waals surface area contributed by atoms with Crippen LogP contribution in [-0.2, 0) is 0 Å². The molecule has 158 valence electrons. The zero-order chi connectivity index (χ0) is 21.3. The average molecular weight is 432 g/mol. The van der Waals surface area contributed by atoms with Gasteiger partial charge in [-0.05, 0) is 37.6 Å². The molecule has 0 saturated carbocycles. The number of rotatable bonds is 5. The van der Waals surface area contributed by atoms with Crippen molar-refractivity contribution < 1.29 is 13.6 Å². The monoisotopic (exact) mass is 431 g/mol. The molecular weight excluding hydrogens is 408 g/mol. The zero-order valence-electron chi connectivity index (χ0n) is 16.9. The number of nitrogens with one attached hydrogen (secondary N) is 1. The van der Waals surface area contributed by atoms with Crippen LogP contribution in [0.3, 0.4) is 0 Å². The predicted octanol–water partition coefficient (Wildman–Crippen LogP) is 4.06. The summed E-state index contributed by atoms with van der Waals surface area (Å²) >= 11 is 1.28. The van der Waals surface area contributed by atoms with E-state index in [0.29, 0.717) is 4.88 Å². The van der Waals surface area contributed by atoms with Gasteiger partial charge in [0.15, 0.2) is 11.6 Å². The molecule has 1 aliphatic heterocycles. The van der Waals surface area contributed by atoms with Crippen molar-refractivity contribution in [2.24, 2.45) is 0 Å². The van der Waals surface area contributed by atoms with Gasteiger partial charge in [-0.15, -0.1) is 11.3 Å². The summed E-state index contributed by atoms with van der Waals surface area (Å²) in [7, 11) is 0. The van der Waals surface area contributed by atoms with Gasteiger partial charge in [-0.2, -0.15) is 0 Å². The lowest BCUT2D eigenvalue weighted by molar-refractivity contribution is 0.103. The number of piperazine rings is 1. The van der Waals surface area contributed by atoms with Crippen molar-refractivity contribution in [3.8, 4) is 0 Å². The first-order valence-electron chi connectivity index (χ1n) is 9.95. The Balaban J connectivity index is 1.60. The molecule has 0 atom stereocenters. The Morgan fingerprint density at radius 2 is 1.93 bits per heavy atom. The van der Waals surface area contributed by atoms with Gasteiger partial charge in [0.2, 0.25) is 0 Å². The molecule has 3 aromatic rings. The largest absolute Gasteiger partial charge is 0.353 e. The summed E-state index contributed by atoms with van der Waals surface area (Å²) in [5.41, 5.74) is 0.996. The topological polar surface area (TPSA) is 61.4 Å². The fraction of sp³-hybridized carbons (Fsp3) is 0.381. The van der Waals surface area contributed by atoms with Crippen LogP contribution in [0.15, 0.2) is 24.5 Å². The number of anilines is 2. The number of thiophene rings is 1. The highest BCUT2D eigenvalue weighted by Crippen LogP contribution is 2.35. The van der Waals surface area contributed by atoms with E-state index < -0.39 is 11.6 Å². The first-order valence-corrected chi connectivity index (χ1v) is 10.8. The van der Waals surface area contributed by atoms with E-state index in [0.717, 1.165) is 72.9 Å². The van der Waals surface area contributed by atoms with Crippen molar-refractivity contribution in [3.05, 3.63) is 46.6 Å². The molecule has 9 heteroatoms. The SMILES string of the molecule is CCCN1CCN(c2ncnc3sc(C(=O)Nc4ccc(F)c(F)c4)c(C)c23)CC1. The molecule has 6 nitrogen and oxygen atoms in total. The summed E-state index contributed by atoms with van der Waals surface area (Å²) in [6.07, 6.45) is 2.67. The lowest BCUT2D eigenvalue weighted by Gasteiger charge is -2.35. The average Bonchev–Trinajstić information content (AvgIpc) is 3.09.